The fourth-order valence-electron chi connectivity index (χ4n) is 1.45. The summed E-state index contributed by atoms with van der Waals surface area (Å²) in [5.41, 5.74) is -1.54. The van der Waals surface area contributed by atoms with Crippen molar-refractivity contribution >= 4 is 0 Å². The van der Waals surface area contributed by atoms with Gasteiger partial charge in [0, 0.05) is 6.42 Å². The monoisotopic (exact) mass is 178 g/mol. The van der Waals surface area contributed by atoms with Gasteiger partial charge in [0.25, 0.3) is 0 Å². The molecule has 0 aromatic carbocycles. The Morgan fingerprint density at radius 1 is 1.08 bits per heavy atom. The zero-order valence-corrected chi connectivity index (χ0v) is 6.75. The average Bonchev–Trinajstić information content (AvgIpc) is 1.97. The molecule has 5 atom stereocenters. The Bertz CT molecular complexity index is 169. The van der Waals surface area contributed by atoms with Crippen molar-refractivity contribution in [1.29, 1.82) is 0 Å². The molecule has 0 aliphatic heterocycles. The number of aliphatic hydroxyl groups is 5. The summed E-state index contributed by atoms with van der Waals surface area (Å²) in [4.78, 5) is 0. The summed E-state index contributed by atoms with van der Waals surface area (Å²) in [5.74, 6) is 0. The van der Waals surface area contributed by atoms with Crippen LogP contribution in [0.1, 0.15) is 13.3 Å². The van der Waals surface area contributed by atoms with Gasteiger partial charge >= 0.3 is 0 Å². The van der Waals surface area contributed by atoms with Crippen molar-refractivity contribution in [1.82, 2.24) is 0 Å². The fourth-order valence-corrected chi connectivity index (χ4v) is 1.45. The first-order chi connectivity index (χ1) is 5.36. The van der Waals surface area contributed by atoms with Gasteiger partial charge in [0.15, 0.2) is 0 Å². The van der Waals surface area contributed by atoms with E-state index in [1.165, 1.54) is 6.92 Å². The van der Waals surface area contributed by atoms with Crippen molar-refractivity contribution in [3.8, 4) is 0 Å². The smallest absolute Gasteiger partial charge is 0.111 e. The molecular weight excluding hydrogens is 164 g/mol. The van der Waals surface area contributed by atoms with Crippen molar-refractivity contribution in [2.24, 2.45) is 0 Å². The Kier molecular flexibility index (Phi) is 2.42. The number of hydrogen-bond donors (Lipinski definition) is 5. The zero-order chi connectivity index (χ0) is 9.52. The predicted octanol–water partition coefficient (Wildman–Crippen LogP) is -2.42. The third-order valence-corrected chi connectivity index (χ3v) is 2.33. The van der Waals surface area contributed by atoms with E-state index in [2.05, 4.69) is 0 Å². The molecule has 1 rings (SSSR count). The van der Waals surface area contributed by atoms with Gasteiger partial charge < -0.3 is 25.5 Å². The maximum Gasteiger partial charge on any atom is 0.111 e. The molecule has 1 aliphatic rings. The lowest BCUT2D eigenvalue weighted by Crippen LogP contribution is -2.61. The van der Waals surface area contributed by atoms with Crippen LogP contribution in [0.25, 0.3) is 0 Å². The largest absolute Gasteiger partial charge is 0.390 e. The average molecular weight is 178 g/mol. The molecule has 72 valence electrons. The molecule has 0 bridgehead atoms. The Morgan fingerprint density at radius 3 is 2.08 bits per heavy atom. The quantitative estimate of drug-likeness (QED) is 0.284. The third-order valence-electron chi connectivity index (χ3n) is 2.33. The summed E-state index contributed by atoms with van der Waals surface area (Å²) < 4.78 is 0. The topological polar surface area (TPSA) is 101 Å². The molecule has 5 nitrogen and oxygen atoms in total. The Balaban J connectivity index is 2.78. The standard InChI is InChI=1S/C7H14O5/c1-7(12)2-3(8)4(9)5(10)6(7)11/h3-6,8-12H,2H2,1H3/t3-,4-,5-,6+,7-/m1/s1. The van der Waals surface area contributed by atoms with E-state index in [4.69, 9.17) is 15.3 Å². The van der Waals surface area contributed by atoms with E-state index in [1.54, 1.807) is 0 Å². The van der Waals surface area contributed by atoms with E-state index in [-0.39, 0.29) is 6.42 Å². The summed E-state index contributed by atoms with van der Waals surface area (Å²) in [6, 6.07) is 0. The predicted molar refractivity (Wildman–Crippen MR) is 39.3 cm³/mol. The van der Waals surface area contributed by atoms with Gasteiger partial charge in [0.2, 0.25) is 0 Å². The van der Waals surface area contributed by atoms with E-state index in [0.717, 1.165) is 0 Å². The van der Waals surface area contributed by atoms with Crippen LogP contribution in [-0.2, 0) is 0 Å². The molecule has 1 aliphatic carbocycles. The van der Waals surface area contributed by atoms with Crippen LogP contribution in [0.4, 0.5) is 0 Å². The summed E-state index contributed by atoms with van der Waals surface area (Å²) in [6.45, 7) is 1.30. The Labute approximate surface area is 69.9 Å². The minimum Gasteiger partial charge on any atom is -0.390 e. The second kappa shape index (κ2) is 2.93. The molecule has 12 heavy (non-hydrogen) atoms. The first-order valence-electron chi connectivity index (χ1n) is 3.81. The first-order valence-corrected chi connectivity index (χ1v) is 3.81. The highest BCUT2D eigenvalue weighted by Crippen LogP contribution is 2.28. The molecule has 0 unspecified atom stereocenters. The van der Waals surface area contributed by atoms with E-state index in [9.17, 15) is 10.2 Å². The normalized spacial score (nSPS) is 55.5. The van der Waals surface area contributed by atoms with Crippen LogP contribution in [0.15, 0.2) is 0 Å². The molecule has 0 amide bonds. The lowest BCUT2D eigenvalue weighted by atomic mass is 9.78. The van der Waals surface area contributed by atoms with Gasteiger partial charge in [0.05, 0.1) is 11.7 Å². The SMILES string of the molecule is C[C@@]1(O)C[C@@H](O)[C@@H](O)[C@@H](O)[C@@H]1O. The van der Waals surface area contributed by atoms with Crippen molar-refractivity contribution < 1.29 is 25.5 Å². The van der Waals surface area contributed by atoms with Gasteiger partial charge in [-0.15, -0.1) is 0 Å². The zero-order valence-electron chi connectivity index (χ0n) is 6.75. The van der Waals surface area contributed by atoms with Crippen LogP contribution in [-0.4, -0.2) is 55.5 Å². The summed E-state index contributed by atoms with van der Waals surface area (Å²) >= 11 is 0. The molecular formula is C7H14O5. The fraction of sp³-hybridized carbons (Fsp3) is 1.00. The van der Waals surface area contributed by atoms with Crippen molar-refractivity contribution in [3.05, 3.63) is 0 Å². The molecule has 1 saturated carbocycles. The third kappa shape index (κ3) is 1.46. The number of aliphatic hydroxyl groups excluding tert-OH is 4. The highest BCUT2D eigenvalue weighted by molar-refractivity contribution is 4.99. The van der Waals surface area contributed by atoms with E-state index in [1.807, 2.05) is 0 Å². The van der Waals surface area contributed by atoms with Crippen LogP contribution >= 0.6 is 0 Å². The maximum atomic E-state index is 9.42. The summed E-state index contributed by atoms with van der Waals surface area (Å²) in [7, 11) is 0. The number of rotatable bonds is 0. The maximum absolute atomic E-state index is 9.42. The Morgan fingerprint density at radius 2 is 1.58 bits per heavy atom. The van der Waals surface area contributed by atoms with E-state index < -0.39 is 30.0 Å². The van der Waals surface area contributed by atoms with Crippen LogP contribution in [0.2, 0.25) is 0 Å². The lowest BCUT2D eigenvalue weighted by molar-refractivity contribution is -0.212. The molecule has 0 heterocycles. The van der Waals surface area contributed by atoms with Gasteiger partial charge in [-0.05, 0) is 6.92 Å². The van der Waals surface area contributed by atoms with Crippen molar-refractivity contribution in [2.75, 3.05) is 0 Å². The molecule has 0 radical (unpaired) electrons. The van der Waals surface area contributed by atoms with E-state index in [0.29, 0.717) is 0 Å². The highest BCUT2D eigenvalue weighted by atomic mass is 16.4. The van der Waals surface area contributed by atoms with E-state index >= 15 is 0 Å². The molecule has 1 fully saturated rings. The van der Waals surface area contributed by atoms with Gasteiger partial charge in [-0.3, -0.25) is 0 Å². The molecule has 5 N–H and O–H groups in total. The van der Waals surface area contributed by atoms with Crippen LogP contribution in [0.3, 0.4) is 0 Å². The van der Waals surface area contributed by atoms with Gasteiger partial charge in [-0.2, -0.15) is 0 Å². The molecule has 5 heteroatoms. The van der Waals surface area contributed by atoms with Crippen LogP contribution in [0, 0.1) is 0 Å². The molecule has 0 saturated heterocycles. The highest BCUT2D eigenvalue weighted by Gasteiger charge is 2.48. The van der Waals surface area contributed by atoms with Crippen LogP contribution < -0.4 is 0 Å². The van der Waals surface area contributed by atoms with Gasteiger partial charge in [-0.1, -0.05) is 0 Å². The minimum atomic E-state index is -1.54. The first kappa shape index (κ1) is 9.88. The van der Waals surface area contributed by atoms with Crippen molar-refractivity contribution in [2.45, 2.75) is 43.4 Å². The molecule has 0 aromatic rings. The summed E-state index contributed by atoms with van der Waals surface area (Å²) in [5, 5.41) is 46.0. The minimum absolute atomic E-state index is 0.146. The van der Waals surface area contributed by atoms with Crippen LogP contribution in [0.5, 0.6) is 0 Å². The van der Waals surface area contributed by atoms with Crippen molar-refractivity contribution in [3.63, 3.8) is 0 Å². The Hall–Kier alpha value is -0.200. The summed E-state index contributed by atoms with van der Waals surface area (Å²) in [6.07, 6.45) is -5.65. The van der Waals surface area contributed by atoms with Gasteiger partial charge in [0.1, 0.15) is 18.3 Å². The molecule has 0 spiro atoms. The van der Waals surface area contributed by atoms with Gasteiger partial charge in [-0.25, -0.2) is 0 Å². The lowest BCUT2D eigenvalue weighted by Gasteiger charge is -2.42. The second-order valence-corrected chi connectivity index (χ2v) is 3.55. The second-order valence-electron chi connectivity index (χ2n) is 3.55. The molecule has 0 aromatic heterocycles. The number of hydrogen-bond acceptors (Lipinski definition) is 5.